The summed E-state index contributed by atoms with van der Waals surface area (Å²) in [5, 5.41) is 13.7. The van der Waals surface area contributed by atoms with E-state index in [9.17, 15) is 14.7 Å². The topological polar surface area (TPSA) is 101 Å². The number of aliphatic hydroxyl groups is 1. The molecule has 0 saturated heterocycles. The van der Waals surface area contributed by atoms with Gasteiger partial charge in [0.1, 0.15) is 17.2 Å². The number of benzene rings is 2. The molecule has 8 nitrogen and oxygen atoms in total. The summed E-state index contributed by atoms with van der Waals surface area (Å²) in [4.78, 5) is 32.1. The van der Waals surface area contributed by atoms with Gasteiger partial charge in [-0.25, -0.2) is 0 Å². The number of nitrogens with one attached hydrogen (secondary N) is 1. The van der Waals surface area contributed by atoms with E-state index in [0.717, 1.165) is 22.2 Å². The normalized spacial score (nSPS) is 15.5. The van der Waals surface area contributed by atoms with Gasteiger partial charge in [0.05, 0.1) is 37.8 Å². The molecule has 1 aliphatic rings. The summed E-state index contributed by atoms with van der Waals surface area (Å²) in [6.45, 7) is 0.258. The molecule has 0 spiro atoms. The lowest BCUT2D eigenvalue weighted by Gasteiger charge is -2.28. The molecule has 0 saturated carbocycles. The first-order valence-corrected chi connectivity index (χ1v) is 12.5. The van der Waals surface area contributed by atoms with Gasteiger partial charge in [0, 0.05) is 35.3 Å². The molecule has 9 heteroatoms. The highest BCUT2D eigenvalue weighted by Crippen LogP contribution is 2.44. The first-order valence-electron chi connectivity index (χ1n) is 11.6. The first kappa shape index (κ1) is 24.5. The third-order valence-corrected chi connectivity index (χ3v) is 7.49. The number of carbonyl (C=O) groups is 2. The number of fused-ring (bicyclic) bond motifs is 1. The van der Waals surface area contributed by atoms with Crippen molar-refractivity contribution in [2.45, 2.75) is 12.5 Å². The van der Waals surface area contributed by atoms with Crippen LogP contribution in [0.25, 0.3) is 10.9 Å². The zero-order valence-electron chi connectivity index (χ0n) is 20.6. The van der Waals surface area contributed by atoms with Crippen LogP contribution >= 0.6 is 11.3 Å². The van der Waals surface area contributed by atoms with Crippen LogP contribution in [0.3, 0.4) is 0 Å². The molecular formula is C28H26N2O6S. The highest BCUT2D eigenvalue weighted by molar-refractivity contribution is 7.12. The summed E-state index contributed by atoms with van der Waals surface area (Å²) < 4.78 is 16.3. The second-order valence-corrected chi connectivity index (χ2v) is 9.50. The molecule has 1 unspecified atom stereocenters. The molecule has 2 aromatic heterocycles. The van der Waals surface area contributed by atoms with E-state index in [1.54, 1.807) is 49.9 Å². The Morgan fingerprint density at radius 3 is 2.51 bits per heavy atom. The third-order valence-electron chi connectivity index (χ3n) is 6.63. The summed E-state index contributed by atoms with van der Waals surface area (Å²) in [7, 11) is 4.68. The van der Waals surface area contributed by atoms with Crippen molar-refractivity contribution in [2.24, 2.45) is 0 Å². The van der Waals surface area contributed by atoms with Gasteiger partial charge in [-0.2, -0.15) is 0 Å². The molecule has 1 atom stereocenters. The highest BCUT2D eigenvalue weighted by Gasteiger charge is 2.45. The zero-order valence-corrected chi connectivity index (χ0v) is 21.4. The molecule has 1 aliphatic heterocycles. The largest absolute Gasteiger partial charge is 0.503 e. The molecule has 0 bridgehead atoms. The summed E-state index contributed by atoms with van der Waals surface area (Å²) in [5.41, 5.74) is 2.56. The van der Waals surface area contributed by atoms with Crippen LogP contribution in [0.4, 0.5) is 0 Å². The Morgan fingerprint density at radius 2 is 1.81 bits per heavy atom. The number of nitrogens with zero attached hydrogens (tertiary/aromatic N) is 1. The van der Waals surface area contributed by atoms with Crippen LogP contribution in [0.2, 0.25) is 0 Å². The maximum Gasteiger partial charge on any atom is 0.290 e. The summed E-state index contributed by atoms with van der Waals surface area (Å²) in [5.74, 6) is 0.230. The SMILES string of the molecule is COc1ccc(C2C(C(=O)c3cccs3)=C(O)C(=O)N2CCc2c[nH]c3ccc(OC)cc23)c(OC)c1. The lowest BCUT2D eigenvalue weighted by Crippen LogP contribution is -2.33. The van der Waals surface area contributed by atoms with Crippen molar-refractivity contribution in [3.05, 3.63) is 87.4 Å². The van der Waals surface area contributed by atoms with Crippen molar-refractivity contribution < 1.29 is 28.9 Å². The average molecular weight is 519 g/mol. The molecule has 0 aliphatic carbocycles. The zero-order chi connectivity index (χ0) is 26.1. The molecule has 5 rings (SSSR count). The molecule has 3 heterocycles. The fourth-order valence-electron chi connectivity index (χ4n) is 4.76. The second-order valence-electron chi connectivity index (χ2n) is 8.55. The predicted molar refractivity (Wildman–Crippen MR) is 141 cm³/mol. The van der Waals surface area contributed by atoms with Crippen molar-refractivity contribution in [1.82, 2.24) is 9.88 Å². The van der Waals surface area contributed by atoms with Crippen molar-refractivity contribution >= 4 is 33.9 Å². The van der Waals surface area contributed by atoms with Gasteiger partial charge in [-0.05, 0) is 53.8 Å². The van der Waals surface area contributed by atoms with Gasteiger partial charge in [-0.1, -0.05) is 6.07 Å². The van der Waals surface area contributed by atoms with Gasteiger partial charge >= 0.3 is 0 Å². The number of carbonyl (C=O) groups excluding carboxylic acids is 2. The van der Waals surface area contributed by atoms with E-state index in [-0.39, 0.29) is 17.9 Å². The van der Waals surface area contributed by atoms with E-state index in [1.807, 2.05) is 24.4 Å². The predicted octanol–water partition coefficient (Wildman–Crippen LogP) is 5.08. The quantitative estimate of drug-likeness (QED) is 0.300. The van der Waals surface area contributed by atoms with Crippen LogP contribution in [0.1, 0.15) is 26.8 Å². The van der Waals surface area contributed by atoms with Gasteiger partial charge in [-0.3, -0.25) is 9.59 Å². The van der Waals surface area contributed by atoms with Crippen molar-refractivity contribution in [3.63, 3.8) is 0 Å². The van der Waals surface area contributed by atoms with E-state index >= 15 is 0 Å². The Bertz CT molecular complexity index is 1500. The van der Waals surface area contributed by atoms with Crippen LogP contribution in [-0.4, -0.2) is 54.6 Å². The van der Waals surface area contributed by atoms with E-state index in [2.05, 4.69) is 4.98 Å². The Morgan fingerprint density at radius 1 is 1.05 bits per heavy atom. The number of ketones is 1. The van der Waals surface area contributed by atoms with Crippen molar-refractivity contribution in [1.29, 1.82) is 0 Å². The fourth-order valence-corrected chi connectivity index (χ4v) is 5.43. The first-order chi connectivity index (χ1) is 18.0. The molecule has 190 valence electrons. The average Bonchev–Trinajstić information content (AvgIpc) is 3.66. The fraction of sp³-hybridized carbons (Fsp3) is 0.214. The van der Waals surface area contributed by atoms with Crippen LogP contribution in [-0.2, 0) is 11.2 Å². The molecule has 2 N–H and O–H groups in total. The molecular weight excluding hydrogens is 492 g/mol. The highest BCUT2D eigenvalue weighted by atomic mass is 32.1. The number of Topliss-reactive ketones (excluding diaryl/α,β-unsaturated/α-hetero) is 1. The van der Waals surface area contributed by atoms with Crippen LogP contribution in [0.5, 0.6) is 17.2 Å². The number of amides is 1. The Hall–Kier alpha value is -4.24. The van der Waals surface area contributed by atoms with Gasteiger partial charge in [0.2, 0.25) is 5.78 Å². The number of ether oxygens (including phenoxy) is 3. The summed E-state index contributed by atoms with van der Waals surface area (Å²) >= 11 is 1.26. The summed E-state index contributed by atoms with van der Waals surface area (Å²) in [6.07, 6.45) is 2.39. The monoisotopic (exact) mass is 518 g/mol. The maximum atomic E-state index is 13.5. The number of H-pyrrole nitrogens is 1. The number of methoxy groups -OCH3 is 3. The minimum Gasteiger partial charge on any atom is -0.503 e. The van der Waals surface area contributed by atoms with E-state index in [4.69, 9.17) is 14.2 Å². The van der Waals surface area contributed by atoms with Gasteiger partial charge in [0.25, 0.3) is 5.91 Å². The molecule has 0 radical (unpaired) electrons. The molecule has 0 fully saturated rings. The number of aromatic amines is 1. The van der Waals surface area contributed by atoms with Crippen LogP contribution < -0.4 is 14.2 Å². The number of aliphatic hydroxyl groups excluding tert-OH is 1. The number of hydrogen-bond donors (Lipinski definition) is 2. The third kappa shape index (κ3) is 4.31. The van der Waals surface area contributed by atoms with Gasteiger partial charge in [-0.15, -0.1) is 11.3 Å². The van der Waals surface area contributed by atoms with Gasteiger partial charge < -0.3 is 29.2 Å². The Kier molecular flexibility index (Phi) is 6.62. The lowest BCUT2D eigenvalue weighted by molar-refractivity contribution is -0.129. The number of rotatable bonds is 9. The second kappa shape index (κ2) is 10.0. The molecule has 37 heavy (non-hydrogen) atoms. The number of hydrogen-bond acceptors (Lipinski definition) is 7. The van der Waals surface area contributed by atoms with Crippen molar-refractivity contribution in [3.8, 4) is 17.2 Å². The number of thiophene rings is 1. The molecule has 1 amide bonds. The van der Waals surface area contributed by atoms with Crippen molar-refractivity contribution in [2.75, 3.05) is 27.9 Å². The molecule has 4 aromatic rings. The van der Waals surface area contributed by atoms with Crippen LogP contribution in [0, 0.1) is 0 Å². The van der Waals surface area contributed by atoms with E-state index < -0.39 is 17.7 Å². The van der Waals surface area contributed by atoms with Gasteiger partial charge in [0.15, 0.2) is 5.76 Å². The Balaban J connectivity index is 1.55. The molecule has 2 aromatic carbocycles. The standard InChI is InChI=1S/C28H26N2O6S/c1-34-17-7-9-21-20(13-17)16(15-29-21)10-11-30-25(19-8-6-18(35-2)14-22(19)36-3)24(27(32)28(30)33)26(31)23-5-4-12-37-23/h4-9,12-15,25,29,32H,10-11H2,1-3H3. The Labute approximate surface area is 217 Å². The smallest absolute Gasteiger partial charge is 0.290 e. The van der Waals surface area contributed by atoms with E-state index in [1.165, 1.54) is 23.3 Å². The minimum atomic E-state index is -0.831. The summed E-state index contributed by atoms with van der Waals surface area (Å²) in [6, 6.07) is 13.6. The lowest BCUT2D eigenvalue weighted by atomic mass is 9.94. The maximum absolute atomic E-state index is 13.5. The van der Waals surface area contributed by atoms with Crippen LogP contribution in [0.15, 0.2) is 71.4 Å². The van der Waals surface area contributed by atoms with E-state index in [0.29, 0.717) is 28.4 Å². The number of aromatic nitrogens is 1. The minimum absolute atomic E-state index is 0.0384.